The van der Waals surface area contributed by atoms with E-state index in [1.165, 1.54) is 44.6 Å². The van der Waals surface area contributed by atoms with Crippen LogP contribution in [0.25, 0.3) is 0 Å². The number of hydrogen-bond acceptors (Lipinski definition) is 4. The molecule has 26 heavy (non-hydrogen) atoms. The molecule has 0 spiro atoms. The van der Waals surface area contributed by atoms with Gasteiger partial charge in [0.05, 0.1) is 4.92 Å². The van der Waals surface area contributed by atoms with Gasteiger partial charge in [0.15, 0.2) is 0 Å². The minimum Gasteiger partial charge on any atom is -0.267 e. The van der Waals surface area contributed by atoms with Crippen molar-refractivity contribution in [1.82, 2.24) is 5.43 Å². The van der Waals surface area contributed by atoms with Crippen molar-refractivity contribution in [3.63, 3.8) is 0 Å². The van der Waals surface area contributed by atoms with E-state index in [0.717, 1.165) is 23.5 Å². The molecule has 0 atom stereocenters. The van der Waals surface area contributed by atoms with Crippen molar-refractivity contribution in [2.45, 2.75) is 52.4 Å². The molecule has 4 aliphatic carbocycles. The van der Waals surface area contributed by atoms with E-state index in [2.05, 4.69) is 10.5 Å². The smallest absolute Gasteiger partial charge is 0.267 e. The Kier molecular flexibility index (Phi) is 4.09. The largest absolute Gasteiger partial charge is 0.273 e. The first kappa shape index (κ1) is 17.2. The molecule has 6 nitrogen and oxygen atoms in total. The van der Waals surface area contributed by atoms with Gasteiger partial charge in [-0.2, -0.15) is 5.10 Å². The quantitative estimate of drug-likeness (QED) is 0.498. The number of nitro benzene ring substituents is 1. The minimum atomic E-state index is -0.462. The van der Waals surface area contributed by atoms with E-state index in [9.17, 15) is 14.9 Å². The Hall–Kier alpha value is -2.24. The summed E-state index contributed by atoms with van der Waals surface area (Å²) in [5.41, 5.74) is 4.58. The van der Waals surface area contributed by atoms with Gasteiger partial charge in [-0.25, -0.2) is 5.43 Å². The molecule has 1 amide bonds. The van der Waals surface area contributed by atoms with Crippen LogP contribution in [0.5, 0.6) is 0 Å². The molecule has 4 aliphatic rings. The summed E-state index contributed by atoms with van der Waals surface area (Å²) in [7, 11) is 0. The van der Waals surface area contributed by atoms with E-state index < -0.39 is 10.8 Å². The number of amides is 1. The van der Waals surface area contributed by atoms with Crippen LogP contribution in [-0.2, 0) is 0 Å². The lowest BCUT2D eigenvalue weighted by atomic mass is 9.48. The summed E-state index contributed by atoms with van der Waals surface area (Å²) in [4.78, 5) is 23.0. The molecule has 0 aromatic heterocycles. The first-order chi connectivity index (χ1) is 12.4. The summed E-state index contributed by atoms with van der Waals surface area (Å²) in [6, 6.07) is 4.52. The number of carbonyl (C=O) groups is 1. The van der Waals surface area contributed by atoms with Gasteiger partial charge < -0.3 is 0 Å². The fraction of sp³-hybridized carbons (Fsp3) is 0.600. The first-order valence-electron chi connectivity index (χ1n) is 9.46. The molecule has 0 heterocycles. The van der Waals surface area contributed by atoms with Gasteiger partial charge >= 0.3 is 0 Å². The molecule has 4 bridgehead atoms. The van der Waals surface area contributed by atoms with Crippen molar-refractivity contribution >= 4 is 17.3 Å². The van der Waals surface area contributed by atoms with Crippen LogP contribution in [0.15, 0.2) is 23.3 Å². The molecule has 1 aromatic carbocycles. The maximum Gasteiger partial charge on any atom is 0.273 e. The lowest BCUT2D eigenvalue weighted by Gasteiger charge is -2.56. The zero-order chi connectivity index (χ0) is 18.5. The molecule has 0 saturated heterocycles. The second-order valence-corrected chi connectivity index (χ2v) is 8.59. The van der Waals surface area contributed by atoms with Crippen LogP contribution in [0.4, 0.5) is 5.69 Å². The van der Waals surface area contributed by atoms with Crippen LogP contribution < -0.4 is 5.43 Å². The minimum absolute atomic E-state index is 0.0422. The normalized spacial score (nSPS) is 32.5. The first-order valence-corrected chi connectivity index (χ1v) is 9.46. The number of rotatable bonds is 4. The molecular formula is C20H25N3O3. The molecule has 138 valence electrons. The van der Waals surface area contributed by atoms with Crippen LogP contribution in [0.2, 0.25) is 0 Å². The van der Waals surface area contributed by atoms with Crippen molar-refractivity contribution in [2.24, 2.45) is 28.3 Å². The zero-order valence-electron chi connectivity index (χ0n) is 15.3. The molecule has 0 unspecified atom stereocenters. The highest BCUT2D eigenvalue weighted by Gasteiger charge is 2.52. The summed E-state index contributed by atoms with van der Waals surface area (Å²) in [5.74, 6) is 2.07. The summed E-state index contributed by atoms with van der Waals surface area (Å²) < 4.78 is 0. The van der Waals surface area contributed by atoms with Gasteiger partial charge in [0.2, 0.25) is 0 Å². The van der Waals surface area contributed by atoms with Crippen molar-refractivity contribution in [1.29, 1.82) is 0 Å². The highest BCUT2D eigenvalue weighted by molar-refractivity contribution is 5.96. The Bertz CT molecular complexity index is 764. The summed E-state index contributed by atoms with van der Waals surface area (Å²) in [5, 5.41) is 15.5. The van der Waals surface area contributed by atoms with Gasteiger partial charge in [-0.05, 0) is 76.2 Å². The molecule has 1 aromatic rings. The van der Waals surface area contributed by atoms with E-state index in [1.54, 1.807) is 19.1 Å². The topological polar surface area (TPSA) is 84.6 Å². The zero-order valence-corrected chi connectivity index (χ0v) is 15.3. The monoisotopic (exact) mass is 355 g/mol. The lowest BCUT2D eigenvalue weighted by molar-refractivity contribution is -0.385. The Balaban J connectivity index is 1.50. The number of hydrogen-bond donors (Lipinski definition) is 1. The van der Waals surface area contributed by atoms with E-state index in [-0.39, 0.29) is 16.7 Å². The molecule has 0 radical (unpaired) electrons. The third-order valence-corrected chi connectivity index (χ3v) is 6.80. The third kappa shape index (κ3) is 2.91. The Morgan fingerprint density at radius 1 is 1.19 bits per heavy atom. The second-order valence-electron chi connectivity index (χ2n) is 8.59. The number of nitrogens with zero attached hydrogens (tertiary/aromatic N) is 2. The highest BCUT2D eigenvalue weighted by atomic mass is 16.6. The van der Waals surface area contributed by atoms with E-state index in [0.29, 0.717) is 5.56 Å². The predicted molar refractivity (Wildman–Crippen MR) is 99.0 cm³/mol. The molecule has 5 rings (SSSR count). The molecule has 4 fully saturated rings. The molecule has 6 heteroatoms. The third-order valence-electron chi connectivity index (χ3n) is 6.80. The lowest BCUT2D eigenvalue weighted by Crippen LogP contribution is -2.49. The number of nitrogens with one attached hydrogen (secondary N) is 1. The van der Waals surface area contributed by atoms with Gasteiger partial charge in [0, 0.05) is 28.3 Å². The van der Waals surface area contributed by atoms with Crippen molar-refractivity contribution in [2.75, 3.05) is 0 Å². The number of aryl methyl sites for hydroxylation is 1. The number of nitro groups is 1. The standard InChI is InChI=1S/C20H25N3O3/c1-12-3-4-17(8-18(12)23(25)26)19(24)22-21-13(2)20-9-14-5-15(10-20)7-16(6-14)11-20/h3-4,8,14-16H,5-7,9-11H2,1-2H3,(H,22,24)/b21-13+. The Morgan fingerprint density at radius 2 is 1.77 bits per heavy atom. The average Bonchev–Trinajstić information content (AvgIpc) is 2.58. The van der Waals surface area contributed by atoms with Gasteiger partial charge in [-0.1, -0.05) is 6.07 Å². The molecule has 4 saturated carbocycles. The van der Waals surface area contributed by atoms with Crippen LogP contribution >= 0.6 is 0 Å². The van der Waals surface area contributed by atoms with E-state index in [4.69, 9.17) is 0 Å². The van der Waals surface area contributed by atoms with E-state index in [1.807, 2.05) is 6.92 Å². The maximum absolute atomic E-state index is 12.4. The SMILES string of the molecule is C/C(=N\NC(=O)c1ccc(C)c([N+](=O)[O-])c1)C12CC3CC(CC(C3)C1)C2. The van der Waals surface area contributed by atoms with Crippen LogP contribution in [0.3, 0.4) is 0 Å². The Morgan fingerprint density at radius 3 is 2.31 bits per heavy atom. The van der Waals surface area contributed by atoms with Crippen LogP contribution in [0.1, 0.15) is 61.4 Å². The number of hydrazone groups is 1. The van der Waals surface area contributed by atoms with Crippen molar-refractivity contribution < 1.29 is 9.72 Å². The van der Waals surface area contributed by atoms with E-state index >= 15 is 0 Å². The Labute approximate surface area is 153 Å². The number of carbonyl (C=O) groups excluding carboxylic acids is 1. The van der Waals surface area contributed by atoms with Gasteiger partial charge in [-0.15, -0.1) is 0 Å². The predicted octanol–water partition coefficient (Wildman–Crippen LogP) is 4.23. The average molecular weight is 355 g/mol. The molecule has 1 N–H and O–H groups in total. The van der Waals surface area contributed by atoms with Crippen molar-refractivity contribution in [3.05, 3.63) is 39.4 Å². The summed E-state index contributed by atoms with van der Waals surface area (Å²) >= 11 is 0. The van der Waals surface area contributed by atoms with Crippen LogP contribution in [0, 0.1) is 40.2 Å². The number of benzene rings is 1. The highest BCUT2D eigenvalue weighted by Crippen LogP contribution is 2.60. The van der Waals surface area contributed by atoms with Gasteiger partial charge in [-0.3, -0.25) is 14.9 Å². The fourth-order valence-corrected chi connectivity index (χ4v) is 5.82. The van der Waals surface area contributed by atoms with Crippen LogP contribution in [-0.4, -0.2) is 16.5 Å². The molecular weight excluding hydrogens is 330 g/mol. The second kappa shape index (κ2) is 6.18. The fourth-order valence-electron chi connectivity index (χ4n) is 5.82. The van der Waals surface area contributed by atoms with Crippen molar-refractivity contribution in [3.8, 4) is 0 Å². The van der Waals surface area contributed by atoms with Gasteiger partial charge in [0.25, 0.3) is 11.6 Å². The molecule has 0 aliphatic heterocycles. The summed E-state index contributed by atoms with van der Waals surface area (Å²) in [6.07, 6.45) is 7.68. The van der Waals surface area contributed by atoms with Gasteiger partial charge in [0.1, 0.15) is 0 Å². The summed E-state index contributed by atoms with van der Waals surface area (Å²) in [6.45, 7) is 3.69. The maximum atomic E-state index is 12.4.